The Bertz CT molecular complexity index is 615. The molecule has 2 aromatic heterocycles. The third kappa shape index (κ3) is 2.64. The van der Waals surface area contributed by atoms with Crippen molar-refractivity contribution in [3.8, 4) is 0 Å². The summed E-state index contributed by atoms with van der Waals surface area (Å²) in [4.78, 5) is 0.977. The summed E-state index contributed by atoms with van der Waals surface area (Å²) in [5.41, 5.74) is 7.06. The van der Waals surface area contributed by atoms with Crippen molar-refractivity contribution in [2.24, 2.45) is 5.73 Å². The topological polar surface area (TPSA) is 85.3 Å². The Hall–Kier alpha value is -1.15. The number of aryl methyl sites for hydroxylation is 1. The summed E-state index contributed by atoms with van der Waals surface area (Å²) < 4.78 is 31.8. The van der Waals surface area contributed by atoms with Crippen LogP contribution in [-0.2, 0) is 23.1 Å². The molecule has 0 atom stereocenters. The van der Waals surface area contributed by atoms with Crippen molar-refractivity contribution in [2.75, 3.05) is 0 Å². The van der Waals surface area contributed by atoms with Crippen LogP contribution in [0.2, 0.25) is 0 Å². The highest BCUT2D eigenvalue weighted by Crippen LogP contribution is 2.26. The van der Waals surface area contributed by atoms with Crippen LogP contribution >= 0.6 is 11.3 Å². The lowest BCUT2D eigenvalue weighted by Crippen LogP contribution is -2.24. The predicted molar refractivity (Wildman–Crippen MR) is 69.7 cm³/mol. The summed E-state index contributed by atoms with van der Waals surface area (Å²) in [5.74, 6) is 0. The van der Waals surface area contributed by atoms with Gasteiger partial charge in [-0.25, -0.2) is 13.1 Å². The van der Waals surface area contributed by atoms with Crippen LogP contribution < -0.4 is 10.5 Å². The molecule has 18 heavy (non-hydrogen) atoms. The van der Waals surface area contributed by atoms with E-state index in [0.717, 1.165) is 11.1 Å². The third-order valence-corrected chi connectivity index (χ3v) is 5.38. The average Bonchev–Trinajstić information content (AvgIpc) is 2.95. The number of nitrogens with two attached hydrogens (primary N) is 1. The fourth-order valence-corrected chi connectivity index (χ4v) is 4.35. The fourth-order valence-electron chi connectivity index (χ4n) is 1.63. The van der Waals surface area contributed by atoms with Gasteiger partial charge in [-0.1, -0.05) is 0 Å². The first-order valence-electron chi connectivity index (χ1n) is 5.32. The molecule has 0 radical (unpaired) electrons. The number of hydrogen-bond donors (Lipinski definition) is 2. The van der Waals surface area contributed by atoms with Gasteiger partial charge in [-0.3, -0.25) is 0 Å². The Morgan fingerprint density at radius 1 is 1.50 bits per heavy atom. The molecule has 0 aliphatic rings. The van der Waals surface area contributed by atoms with Crippen LogP contribution in [0.4, 0.5) is 0 Å². The zero-order chi connectivity index (χ0) is 13.2. The van der Waals surface area contributed by atoms with E-state index in [0.29, 0.717) is 9.77 Å². The molecule has 7 heteroatoms. The Kier molecular flexibility index (Phi) is 3.86. The molecule has 0 amide bonds. The quantitative estimate of drug-likeness (QED) is 0.874. The van der Waals surface area contributed by atoms with Crippen LogP contribution in [0, 0.1) is 6.92 Å². The number of rotatable bonds is 5. The molecule has 5 nitrogen and oxygen atoms in total. The van der Waals surface area contributed by atoms with E-state index in [1.807, 2.05) is 0 Å². The van der Waals surface area contributed by atoms with Gasteiger partial charge in [0.25, 0.3) is 0 Å². The molecule has 0 spiro atoms. The first kappa shape index (κ1) is 13.3. The van der Waals surface area contributed by atoms with E-state index in [1.165, 1.54) is 23.9 Å². The summed E-state index contributed by atoms with van der Waals surface area (Å²) in [7, 11) is -3.53. The first-order valence-corrected chi connectivity index (χ1v) is 7.68. The SMILES string of the molecule is Cc1csc(CN)c1S(=O)(=O)NCc1ccoc1. The lowest BCUT2D eigenvalue weighted by molar-refractivity contribution is 0.561. The van der Waals surface area contributed by atoms with Crippen LogP contribution in [0.1, 0.15) is 16.0 Å². The van der Waals surface area contributed by atoms with Gasteiger partial charge in [-0.15, -0.1) is 11.3 Å². The minimum Gasteiger partial charge on any atom is -0.472 e. The molecule has 0 aliphatic carbocycles. The molecule has 3 N–H and O–H groups in total. The Morgan fingerprint density at radius 3 is 2.89 bits per heavy atom. The van der Waals surface area contributed by atoms with Gasteiger partial charge in [0.2, 0.25) is 10.0 Å². The minimum absolute atomic E-state index is 0.206. The number of hydrogen-bond acceptors (Lipinski definition) is 5. The van der Waals surface area contributed by atoms with Crippen molar-refractivity contribution in [2.45, 2.75) is 24.9 Å². The molecule has 0 fully saturated rings. The number of furan rings is 1. The van der Waals surface area contributed by atoms with Gasteiger partial charge >= 0.3 is 0 Å². The number of sulfonamides is 1. The van der Waals surface area contributed by atoms with Gasteiger partial charge in [0.05, 0.1) is 12.5 Å². The van der Waals surface area contributed by atoms with E-state index in [2.05, 4.69) is 4.72 Å². The first-order chi connectivity index (χ1) is 8.54. The highest BCUT2D eigenvalue weighted by Gasteiger charge is 2.22. The van der Waals surface area contributed by atoms with E-state index in [9.17, 15) is 8.42 Å². The number of nitrogens with one attached hydrogen (secondary N) is 1. The molecule has 0 bridgehead atoms. The van der Waals surface area contributed by atoms with E-state index >= 15 is 0 Å². The third-order valence-electron chi connectivity index (χ3n) is 2.49. The Labute approximate surface area is 110 Å². The standard InChI is InChI=1S/C11H14N2O3S2/c1-8-7-17-10(4-12)11(8)18(14,15)13-5-9-2-3-16-6-9/h2-3,6-7,13H,4-5,12H2,1H3. The summed E-state index contributed by atoms with van der Waals surface area (Å²) in [6.07, 6.45) is 3.01. The van der Waals surface area contributed by atoms with Gasteiger partial charge in [0.15, 0.2) is 0 Å². The van der Waals surface area contributed by atoms with E-state index in [1.54, 1.807) is 18.4 Å². The smallest absolute Gasteiger partial charge is 0.242 e. The Balaban J connectivity index is 2.22. The predicted octanol–water partition coefficient (Wildman–Crippen LogP) is 1.59. The fraction of sp³-hybridized carbons (Fsp3) is 0.273. The zero-order valence-corrected chi connectivity index (χ0v) is 11.5. The van der Waals surface area contributed by atoms with Crippen molar-refractivity contribution < 1.29 is 12.8 Å². The molecule has 2 aromatic rings. The molecular weight excluding hydrogens is 272 g/mol. The molecule has 2 heterocycles. The van der Waals surface area contributed by atoms with Gasteiger partial charge in [-0.05, 0) is 23.9 Å². The summed E-state index contributed by atoms with van der Waals surface area (Å²) in [6, 6.07) is 1.72. The lowest BCUT2D eigenvalue weighted by atomic mass is 10.3. The van der Waals surface area contributed by atoms with Gasteiger partial charge < -0.3 is 10.2 Å². The Morgan fingerprint density at radius 2 is 2.28 bits per heavy atom. The largest absolute Gasteiger partial charge is 0.472 e. The molecule has 0 saturated carbocycles. The molecule has 0 aliphatic heterocycles. The summed E-state index contributed by atoms with van der Waals surface area (Å²) in [6.45, 7) is 2.20. The summed E-state index contributed by atoms with van der Waals surface area (Å²) >= 11 is 1.36. The van der Waals surface area contributed by atoms with Crippen molar-refractivity contribution in [3.05, 3.63) is 40.0 Å². The van der Waals surface area contributed by atoms with Gasteiger partial charge in [-0.2, -0.15) is 0 Å². The molecule has 98 valence electrons. The van der Waals surface area contributed by atoms with Crippen LogP contribution in [-0.4, -0.2) is 8.42 Å². The van der Waals surface area contributed by atoms with Crippen molar-refractivity contribution in [1.82, 2.24) is 4.72 Å². The van der Waals surface area contributed by atoms with Crippen molar-refractivity contribution in [1.29, 1.82) is 0 Å². The maximum atomic E-state index is 12.2. The van der Waals surface area contributed by atoms with Gasteiger partial charge in [0, 0.05) is 23.5 Å². The van der Waals surface area contributed by atoms with Crippen molar-refractivity contribution in [3.63, 3.8) is 0 Å². The molecule has 0 saturated heterocycles. The maximum absolute atomic E-state index is 12.2. The zero-order valence-electron chi connectivity index (χ0n) is 9.84. The second-order valence-corrected chi connectivity index (χ2v) is 6.50. The minimum atomic E-state index is -3.53. The second kappa shape index (κ2) is 5.23. The molecular formula is C11H14N2O3S2. The van der Waals surface area contributed by atoms with Crippen LogP contribution in [0.15, 0.2) is 33.3 Å². The molecule has 0 unspecified atom stereocenters. The highest BCUT2D eigenvalue weighted by molar-refractivity contribution is 7.89. The van der Waals surface area contributed by atoms with Crippen LogP contribution in [0.3, 0.4) is 0 Å². The monoisotopic (exact) mass is 286 g/mol. The normalized spacial score (nSPS) is 11.9. The second-order valence-electron chi connectivity index (χ2n) is 3.83. The average molecular weight is 286 g/mol. The lowest BCUT2D eigenvalue weighted by Gasteiger charge is -2.07. The molecule has 0 aromatic carbocycles. The maximum Gasteiger partial charge on any atom is 0.242 e. The van der Waals surface area contributed by atoms with E-state index in [4.69, 9.17) is 10.2 Å². The van der Waals surface area contributed by atoms with Crippen LogP contribution in [0.25, 0.3) is 0 Å². The summed E-state index contributed by atoms with van der Waals surface area (Å²) in [5, 5.41) is 1.80. The molecule has 2 rings (SSSR count). The number of thiophene rings is 1. The highest BCUT2D eigenvalue weighted by atomic mass is 32.2. The van der Waals surface area contributed by atoms with E-state index < -0.39 is 10.0 Å². The van der Waals surface area contributed by atoms with Gasteiger partial charge in [0.1, 0.15) is 4.90 Å². The van der Waals surface area contributed by atoms with Crippen molar-refractivity contribution >= 4 is 21.4 Å². The van der Waals surface area contributed by atoms with Crippen LogP contribution in [0.5, 0.6) is 0 Å². The van der Waals surface area contributed by atoms with E-state index in [-0.39, 0.29) is 13.1 Å².